The van der Waals surface area contributed by atoms with Gasteiger partial charge in [-0.15, -0.1) is 0 Å². The molecule has 0 spiro atoms. The van der Waals surface area contributed by atoms with Crippen LogP contribution in [0, 0.1) is 5.41 Å². The molecule has 0 aliphatic heterocycles. The summed E-state index contributed by atoms with van der Waals surface area (Å²) >= 11 is 0. The van der Waals surface area contributed by atoms with Crippen LogP contribution in [0.3, 0.4) is 0 Å². The van der Waals surface area contributed by atoms with Crippen molar-refractivity contribution in [1.82, 2.24) is 5.32 Å². The molecular weight excluding hydrogens is 166 g/mol. The van der Waals surface area contributed by atoms with E-state index in [0.29, 0.717) is 19.6 Å². The highest BCUT2D eigenvalue weighted by molar-refractivity contribution is 5.76. The van der Waals surface area contributed by atoms with E-state index >= 15 is 0 Å². The summed E-state index contributed by atoms with van der Waals surface area (Å²) in [6, 6.07) is 0. The number of hydrogen-bond donors (Lipinski definition) is 1. The van der Waals surface area contributed by atoms with Crippen LogP contribution in [0.1, 0.15) is 33.6 Å². The maximum atomic E-state index is 11.3. The topological polar surface area (TPSA) is 38.3 Å². The van der Waals surface area contributed by atoms with Gasteiger partial charge in [0.2, 0.25) is 5.91 Å². The van der Waals surface area contributed by atoms with Crippen LogP contribution in [0.25, 0.3) is 0 Å². The normalized spacial score (nSPS) is 11.4. The van der Waals surface area contributed by atoms with Gasteiger partial charge in [-0.3, -0.25) is 4.79 Å². The molecule has 3 nitrogen and oxygen atoms in total. The van der Waals surface area contributed by atoms with Gasteiger partial charge >= 0.3 is 0 Å². The van der Waals surface area contributed by atoms with Gasteiger partial charge < -0.3 is 10.1 Å². The Kier molecular flexibility index (Phi) is 5.71. The quantitative estimate of drug-likeness (QED) is 0.663. The lowest BCUT2D eigenvalue weighted by Crippen LogP contribution is -2.28. The van der Waals surface area contributed by atoms with E-state index in [1.807, 2.05) is 0 Å². The SMILES string of the molecule is COCCCNC(=O)CC(C)(C)C. The fraction of sp³-hybridized carbons (Fsp3) is 0.900. The molecule has 0 rings (SSSR count). The molecule has 0 unspecified atom stereocenters. The first-order chi connectivity index (χ1) is 5.95. The minimum atomic E-state index is 0.0747. The highest BCUT2D eigenvalue weighted by atomic mass is 16.5. The van der Waals surface area contributed by atoms with Gasteiger partial charge in [-0.25, -0.2) is 0 Å². The molecule has 0 fully saturated rings. The maximum absolute atomic E-state index is 11.3. The van der Waals surface area contributed by atoms with Gasteiger partial charge in [0.25, 0.3) is 0 Å². The van der Waals surface area contributed by atoms with Gasteiger partial charge in [0.15, 0.2) is 0 Å². The Morgan fingerprint density at radius 1 is 1.38 bits per heavy atom. The van der Waals surface area contributed by atoms with E-state index in [1.54, 1.807) is 7.11 Å². The van der Waals surface area contributed by atoms with Crippen LogP contribution in [0.5, 0.6) is 0 Å². The van der Waals surface area contributed by atoms with E-state index in [9.17, 15) is 4.79 Å². The number of carbonyl (C=O) groups is 1. The Bertz CT molecular complexity index is 149. The van der Waals surface area contributed by atoms with Gasteiger partial charge in [-0.1, -0.05) is 20.8 Å². The Labute approximate surface area is 80.8 Å². The van der Waals surface area contributed by atoms with Crippen molar-refractivity contribution in [3.63, 3.8) is 0 Å². The van der Waals surface area contributed by atoms with Crippen LogP contribution in [-0.4, -0.2) is 26.2 Å². The smallest absolute Gasteiger partial charge is 0.220 e. The molecule has 1 amide bonds. The lowest BCUT2D eigenvalue weighted by molar-refractivity contribution is -0.122. The van der Waals surface area contributed by atoms with Crippen molar-refractivity contribution >= 4 is 5.91 Å². The van der Waals surface area contributed by atoms with Crippen molar-refractivity contribution < 1.29 is 9.53 Å². The molecule has 0 aliphatic rings. The molecule has 13 heavy (non-hydrogen) atoms. The highest BCUT2D eigenvalue weighted by Crippen LogP contribution is 2.17. The molecule has 0 aromatic heterocycles. The van der Waals surface area contributed by atoms with E-state index in [0.717, 1.165) is 6.42 Å². The van der Waals surface area contributed by atoms with E-state index in [4.69, 9.17) is 4.74 Å². The summed E-state index contributed by atoms with van der Waals surface area (Å²) < 4.78 is 4.87. The fourth-order valence-electron chi connectivity index (χ4n) is 0.988. The number of amides is 1. The Morgan fingerprint density at radius 2 is 2.00 bits per heavy atom. The van der Waals surface area contributed by atoms with Crippen LogP contribution in [0.15, 0.2) is 0 Å². The molecule has 0 saturated carbocycles. The van der Waals surface area contributed by atoms with Crippen LogP contribution < -0.4 is 5.32 Å². The largest absolute Gasteiger partial charge is 0.385 e. The van der Waals surface area contributed by atoms with Crippen LogP contribution in [0.2, 0.25) is 0 Å². The third-order valence-corrected chi connectivity index (χ3v) is 1.54. The van der Waals surface area contributed by atoms with Crippen LogP contribution in [-0.2, 0) is 9.53 Å². The number of carbonyl (C=O) groups excluding carboxylic acids is 1. The summed E-state index contributed by atoms with van der Waals surface area (Å²) in [5, 5.41) is 2.86. The number of nitrogens with one attached hydrogen (secondary N) is 1. The summed E-state index contributed by atoms with van der Waals surface area (Å²) in [5.41, 5.74) is 0.0747. The van der Waals surface area contributed by atoms with E-state index in [1.165, 1.54) is 0 Å². The van der Waals surface area contributed by atoms with Gasteiger partial charge in [-0.2, -0.15) is 0 Å². The van der Waals surface area contributed by atoms with Gasteiger partial charge in [0, 0.05) is 26.7 Å². The molecule has 1 N–H and O–H groups in total. The zero-order valence-electron chi connectivity index (χ0n) is 9.14. The molecule has 0 bridgehead atoms. The molecule has 0 atom stereocenters. The predicted octanol–water partition coefficient (Wildman–Crippen LogP) is 1.58. The monoisotopic (exact) mass is 187 g/mol. The van der Waals surface area contributed by atoms with Crippen molar-refractivity contribution in [2.75, 3.05) is 20.3 Å². The second-order valence-corrected chi connectivity index (χ2v) is 4.43. The van der Waals surface area contributed by atoms with E-state index in [2.05, 4.69) is 26.1 Å². The maximum Gasteiger partial charge on any atom is 0.220 e. The highest BCUT2D eigenvalue weighted by Gasteiger charge is 2.14. The average Bonchev–Trinajstić information content (AvgIpc) is 1.94. The second-order valence-electron chi connectivity index (χ2n) is 4.43. The molecule has 78 valence electrons. The number of methoxy groups -OCH3 is 1. The first kappa shape index (κ1) is 12.4. The summed E-state index contributed by atoms with van der Waals surface area (Å²) in [5.74, 6) is 0.128. The molecule has 0 saturated heterocycles. The zero-order valence-corrected chi connectivity index (χ0v) is 9.14. The first-order valence-electron chi connectivity index (χ1n) is 4.71. The molecular formula is C10H21NO2. The molecule has 0 radical (unpaired) electrons. The van der Waals surface area contributed by atoms with Crippen LogP contribution >= 0.6 is 0 Å². The van der Waals surface area contributed by atoms with E-state index in [-0.39, 0.29) is 11.3 Å². The minimum Gasteiger partial charge on any atom is -0.385 e. The summed E-state index contributed by atoms with van der Waals surface area (Å²) in [6.45, 7) is 7.59. The van der Waals surface area contributed by atoms with Gasteiger partial charge in [0.1, 0.15) is 0 Å². The Balaban J connectivity index is 3.41. The lowest BCUT2D eigenvalue weighted by Gasteiger charge is -2.17. The molecule has 0 aromatic carbocycles. The van der Waals surface area contributed by atoms with Crippen molar-refractivity contribution in [2.24, 2.45) is 5.41 Å². The van der Waals surface area contributed by atoms with Crippen molar-refractivity contribution in [1.29, 1.82) is 0 Å². The molecule has 3 heteroatoms. The van der Waals surface area contributed by atoms with Crippen molar-refractivity contribution in [3.05, 3.63) is 0 Å². The third kappa shape index (κ3) is 9.34. The first-order valence-corrected chi connectivity index (χ1v) is 4.71. The van der Waals surface area contributed by atoms with Gasteiger partial charge in [0.05, 0.1) is 0 Å². The molecule has 0 aliphatic carbocycles. The molecule has 0 aromatic rings. The van der Waals surface area contributed by atoms with E-state index < -0.39 is 0 Å². The summed E-state index contributed by atoms with van der Waals surface area (Å²) in [4.78, 5) is 11.3. The van der Waals surface area contributed by atoms with Crippen LogP contribution in [0.4, 0.5) is 0 Å². The summed E-state index contributed by atoms with van der Waals surface area (Å²) in [6.07, 6.45) is 1.46. The number of hydrogen-bond acceptors (Lipinski definition) is 2. The third-order valence-electron chi connectivity index (χ3n) is 1.54. The average molecular weight is 187 g/mol. The number of ether oxygens (including phenoxy) is 1. The standard InChI is InChI=1S/C10H21NO2/c1-10(2,3)8-9(12)11-6-5-7-13-4/h5-8H2,1-4H3,(H,11,12). The number of rotatable bonds is 5. The Morgan fingerprint density at radius 3 is 2.46 bits per heavy atom. The van der Waals surface area contributed by atoms with Crippen molar-refractivity contribution in [3.8, 4) is 0 Å². The predicted molar refractivity (Wildman–Crippen MR) is 53.6 cm³/mol. The minimum absolute atomic E-state index is 0.0747. The Hall–Kier alpha value is -0.570. The van der Waals surface area contributed by atoms with Gasteiger partial charge in [-0.05, 0) is 11.8 Å². The second kappa shape index (κ2) is 5.97. The summed E-state index contributed by atoms with van der Waals surface area (Å²) in [7, 11) is 1.66. The molecule has 0 heterocycles. The lowest BCUT2D eigenvalue weighted by atomic mass is 9.92. The fourth-order valence-corrected chi connectivity index (χ4v) is 0.988. The zero-order chi connectivity index (χ0) is 10.3. The van der Waals surface area contributed by atoms with Crippen molar-refractivity contribution in [2.45, 2.75) is 33.6 Å².